The van der Waals surface area contributed by atoms with Crippen LogP contribution in [0.3, 0.4) is 0 Å². The van der Waals surface area contributed by atoms with Gasteiger partial charge < -0.3 is 10.7 Å². The molecule has 2 aromatic rings. The van der Waals surface area contributed by atoms with Crippen molar-refractivity contribution in [1.29, 1.82) is 0 Å². The topological polar surface area (TPSA) is 65.2 Å². The fourth-order valence-corrected chi connectivity index (χ4v) is 2.75. The molecule has 22 heavy (non-hydrogen) atoms. The van der Waals surface area contributed by atoms with Gasteiger partial charge in [-0.05, 0) is 42.3 Å². The smallest absolute Gasteiger partial charge is 0.267 e. The first-order valence-electron chi connectivity index (χ1n) is 7.16. The highest BCUT2D eigenvalue weighted by molar-refractivity contribution is 7.80. The van der Waals surface area contributed by atoms with Crippen molar-refractivity contribution in [3.8, 4) is 0 Å². The van der Waals surface area contributed by atoms with Gasteiger partial charge in [-0.3, -0.25) is 10.2 Å². The van der Waals surface area contributed by atoms with Crippen molar-refractivity contribution in [3.63, 3.8) is 0 Å². The number of hydrogen-bond donors (Lipinski definition) is 5. The number of amides is 1. The van der Waals surface area contributed by atoms with Crippen LogP contribution in [0.25, 0.3) is 0 Å². The Balaban J connectivity index is 1.64. The lowest BCUT2D eigenvalue weighted by molar-refractivity contribution is 0.0936. The van der Waals surface area contributed by atoms with E-state index in [-0.39, 0.29) is 5.91 Å². The van der Waals surface area contributed by atoms with Gasteiger partial charge in [0.2, 0.25) is 0 Å². The third kappa shape index (κ3) is 3.24. The van der Waals surface area contributed by atoms with Crippen LogP contribution in [-0.2, 0) is 13.0 Å². The quantitative estimate of drug-likeness (QED) is 0.442. The van der Waals surface area contributed by atoms with E-state index >= 15 is 0 Å². The van der Waals surface area contributed by atoms with Crippen molar-refractivity contribution in [1.82, 2.24) is 16.3 Å². The number of hydrazine groups is 2. The molecule has 0 aromatic heterocycles. The van der Waals surface area contributed by atoms with Crippen LogP contribution >= 0.6 is 12.6 Å². The first-order valence-corrected chi connectivity index (χ1v) is 7.61. The molecule has 1 aliphatic heterocycles. The number of carbonyl (C=O) groups is 1. The molecule has 0 saturated carbocycles. The van der Waals surface area contributed by atoms with Crippen molar-refractivity contribution >= 4 is 24.2 Å². The van der Waals surface area contributed by atoms with Gasteiger partial charge in [-0.2, -0.15) is 0 Å². The number of nitrogens with one attached hydrogen (secondary N) is 4. The summed E-state index contributed by atoms with van der Waals surface area (Å²) in [6.07, 6.45) is 0.954. The van der Waals surface area contributed by atoms with Gasteiger partial charge in [-0.15, -0.1) is 18.2 Å². The molecule has 1 heterocycles. The molecule has 0 aliphatic carbocycles. The Morgan fingerprint density at radius 1 is 1.14 bits per heavy atom. The number of carbonyl (C=O) groups excluding carboxylic acids is 1. The second-order valence-corrected chi connectivity index (χ2v) is 5.57. The lowest BCUT2D eigenvalue weighted by atomic mass is 9.96. The maximum atomic E-state index is 12.3. The second kappa shape index (κ2) is 6.83. The first-order chi connectivity index (χ1) is 10.8. The van der Waals surface area contributed by atoms with E-state index in [4.69, 9.17) is 0 Å². The van der Waals surface area contributed by atoms with Crippen molar-refractivity contribution in [2.24, 2.45) is 0 Å². The maximum absolute atomic E-state index is 12.3. The number of rotatable bonds is 4. The first kappa shape index (κ1) is 14.9. The van der Waals surface area contributed by atoms with Crippen LogP contribution in [0.2, 0.25) is 0 Å². The molecule has 0 unspecified atom stereocenters. The zero-order valence-corrected chi connectivity index (χ0v) is 12.9. The van der Waals surface area contributed by atoms with E-state index in [1.807, 2.05) is 36.4 Å². The second-order valence-electron chi connectivity index (χ2n) is 5.09. The lowest BCUT2D eigenvalue weighted by Gasteiger charge is -2.20. The Bertz CT molecular complexity index is 690. The minimum Gasteiger partial charge on any atom is -0.312 e. The normalized spacial score (nSPS) is 13.3. The van der Waals surface area contributed by atoms with Crippen LogP contribution in [0.15, 0.2) is 47.4 Å². The van der Waals surface area contributed by atoms with Crippen LogP contribution in [-0.4, -0.2) is 12.5 Å². The molecule has 2 aromatic carbocycles. The van der Waals surface area contributed by atoms with Crippen molar-refractivity contribution < 1.29 is 4.79 Å². The maximum Gasteiger partial charge on any atom is 0.267 e. The highest BCUT2D eigenvalue weighted by Gasteiger charge is 2.16. The van der Waals surface area contributed by atoms with E-state index in [1.165, 1.54) is 5.56 Å². The predicted molar refractivity (Wildman–Crippen MR) is 89.8 cm³/mol. The molecule has 0 bridgehead atoms. The minimum atomic E-state index is -0.162. The Morgan fingerprint density at radius 2 is 2.00 bits per heavy atom. The number of fused-ring (bicyclic) bond motifs is 1. The summed E-state index contributed by atoms with van der Waals surface area (Å²) in [5.41, 5.74) is 12.1. The van der Waals surface area contributed by atoms with Crippen molar-refractivity contribution in [3.05, 3.63) is 59.2 Å². The number of para-hydroxylation sites is 1. The highest BCUT2D eigenvalue weighted by atomic mass is 32.1. The summed E-state index contributed by atoms with van der Waals surface area (Å²) in [4.78, 5) is 13.1. The highest BCUT2D eigenvalue weighted by Crippen LogP contribution is 2.19. The number of thiol groups is 1. The van der Waals surface area contributed by atoms with Gasteiger partial charge in [-0.25, -0.2) is 0 Å². The zero-order valence-electron chi connectivity index (χ0n) is 12.0. The molecule has 0 saturated heterocycles. The van der Waals surface area contributed by atoms with E-state index in [1.54, 1.807) is 0 Å². The van der Waals surface area contributed by atoms with E-state index < -0.39 is 0 Å². The molecule has 1 amide bonds. The van der Waals surface area contributed by atoms with Crippen LogP contribution in [0.5, 0.6) is 0 Å². The van der Waals surface area contributed by atoms with Crippen LogP contribution in [0, 0.1) is 0 Å². The van der Waals surface area contributed by atoms with E-state index in [0.717, 1.165) is 35.7 Å². The summed E-state index contributed by atoms with van der Waals surface area (Å²) in [6.45, 7) is 1.68. The molecule has 0 spiro atoms. The third-order valence-corrected chi connectivity index (χ3v) is 4.06. The Morgan fingerprint density at radius 3 is 2.86 bits per heavy atom. The summed E-state index contributed by atoms with van der Waals surface area (Å²) in [5, 5.41) is 3.30. The largest absolute Gasteiger partial charge is 0.312 e. The third-order valence-electron chi connectivity index (χ3n) is 3.67. The van der Waals surface area contributed by atoms with E-state index in [0.29, 0.717) is 5.56 Å². The summed E-state index contributed by atoms with van der Waals surface area (Å²) >= 11 is 4.33. The monoisotopic (exact) mass is 314 g/mol. The van der Waals surface area contributed by atoms with Gasteiger partial charge in [-0.1, -0.05) is 24.3 Å². The zero-order chi connectivity index (χ0) is 15.4. The van der Waals surface area contributed by atoms with Gasteiger partial charge in [0.05, 0.1) is 5.69 Å². The van der Waals surface area contributed by atoms with Gasteiger partial charge in [0.15, 0.2) is 0 Å². The van der Waals surface area contributed by atoms with Crippen LogP contribution < -0.4 is 21.7 Å². The number of benzene rings is 2. The molecular formula is C16H18N4OS. The Labute approximate surface area is 134 Å². The fourth-order valence-electron chi connectivity index (χ4n) is 2.53. The van der Waals surface area contributed by atoms with Crippen molar-refractivity contribution in [2.75, 3.05) is 12.0 Å². The molecule has 1 aliphatic rings. The summed E-state index contributed by atoms with van der Waals surface area (Å²) in [6, 6.07) is 13.4. The molecule has 114 valence electrons. The summed E-state index contributed by atoms with van der Waals surface area (Å²) < 4.78 is 0. The summed E-state index contributed by atoms with van der Waals surface area (Å²) in [5.74, 6) is -0.162. The van der Waals surface area contributed by atoms with Crippen LogP contribution in [0.4, 0.5) is 5.69 Å². The average Bonchev–Trinajstić information content (AvgIpc) is 2.56. The Kier molecular flexibility index (Phi) is 4.62. The SMILES string of the molecule is O=C(NNNc1ccccc1S)c1cccc2c1CNCC2. The molecule has 6 heteroatoms. The predicted octanol–water partition coefficient (Wildman–Crippen LogP) is 1.88. The van der Waals surface area contributed by atoms with E-state index in [9.17, 15) is 4.79 Å². The van der Waals surface area contributed by atoms with Gasteiger partial charge >= 0.3 is 0 Å². The average molecular weight is 314 g/mol. The number of anilines is 1. The molecule has 0 radical (unpaired) electrons. The van der Waals surface area contributed by atoms with Gasteiger partial charge in [0.1, 0.15) is 0 Å². The van der Waals surface area contributed by atoms with Crippen molar-refractivity contribution in [2.45, 2.75) is 17.9 Å². The molecular weight excluding hydrogens is 296 g/mol. The summed E-state index contributed by atoms with van der Waals surface area (Å²) in [7, 11) is 0. The standard InChI is InChI=1S/C16H18N4OS/c21-16(19-20-18-14-6-1-2-7-15(14)22)12-5-3-4-11-8-9-17-10-13(11)12/h1-7,17-18,20,22H,8-10H2,(H,19,21). The molecule has 3 rings (SSSR count). The van der Waals surface area contributed by atoms with Crippen LogP contribution in [0.1, 0.15) is 21.5 Å². The molecule has 0 atom stereocenters. The molecule has 0 fully saturated rings. The minimum absolute atomic E-state index is 0.162. The number of hydrogen-bond acceptors (Lipinski definition) is 5. The fraction of sp³-hybridized carbons (Fsp3) is 0.188. The van der Waals surface area contributed by atoms with Gasteiger partial charge in [0.25, 0.3) is 5.91 Å². The molecule has 5 nitrogen and oxygen atoms in total. The lowest BCUT2D eigenvalue weighted by Crippen LogP contribution is -2.42. The van der Waals surface area contributed by atoms with E-state index in [2.05, 4.69) is 40.4 Å². The molecule has 4 N–H and O–H groups in total. The Hall–Kier alpha value is -2.02. The van der Waals surface area contributed by atoms with Gasteiger partial charge in [0, 0.05) is 17.0 Å².